The molecule has 1 aromatic rings. The Morgan fingerprint density at radius 2 is 2.00 bits per heavy atom. The summed E-state index contributed by atoms with van der Waals surface area (Å²) in [5, 5.41) is 0. The van der Waals surface area contributed by atoms with Crippen molar-refractivity contribution in [1.29, 1.82) is 0 Å². The molecule has 0 atom stereocenters. The van der Waals surface area contributed by atoms with E-state index in [1.54, 1.807) is 0 Å². The van der Waals surface area contributed by atoms with Gasteiger partial charge in [0.1, 0.15) is 12.4 Å². The molecular weight excluding hydrogens is 249 g/mol. The molecule has 7 heteroatoms. The highest BCUT2D eigenvalue weighted by molar-refractivity contribution is 6.76. The molecule has 0 aromatic carbocycles. The summed E-state index contributed by atoms with van der Waals surface area (Å²) in [7, 11) is -1.20. The third-order valence-electron chi connectivity index (χ3n) is 2.23. The van der Waals surface area contributed by atoms with Gasteiger partial charge in [-0.1, -0.05) is 19.6 Å². The maximum Gasteiger partial charge on any atom is 0.433 e. The van der Waals surface area contributed by atoms with Crippen LogP contribution in [0.5, 0.6) is 0 Å². The summed E-state index contributed by atoms with van der Waals surface area (Å²) in [6.45, 7) is 6.96. The second kappa shape index (κ2) is 5.22. The predicted molar refractivity (Wildman–Crippen MR) is 61.3 cm³/mol. The van der Waals surface area contributed by atoms with Crippen LogP contribution in [0.2, 0.25) is 25.7 Å². The van der Waals surface area contributed by atoms with Gasteiger partial charge in [-0.2, -0.15) is 13.2 Å². The monoisotopic (exact) mass is 266 g/mol. The first-order valence-electron chi connectivity index (χ1n) is 5.35. The fraction of sp³-hybridized carbons (Fsp3) is 0.700. The lowest BCUT2D eigenvalue weighted by Crippen LogP contribution is -2.22. The highest BCUT2D eigenvalue weighted by Gasteiger charge is 2.34. The molecule has 1 aromatic heterocycles. The third-order valence-corrected chi connectivity index (χ3v) is 3.93. The lowest BCUT2D eigenvalue weighted by molar-refractivity contribution is -0.145. The van der Waals surface area contributed by atoms with Crippen molar-refractivity contribution in [2.75, 3.05) is 6.61 Å². The average molecular weight is 266 g/mol. The standard InChI is InChI=1S/C10H17F3N2OSi/c1-17(2,3)5-4-16-8-15-7-14-6-9(15)10(11,12)13/h6-7H,4-5,8H2,1-3H3. The maximum atomic E-state index is 12.5. The van der Waals surface area contributed by atoms with E-state index in [1.165, 1.54) is 0 Å². The molecule has 0 bridgehead atoms. The average Bonchev–Trinajstić information content (AvgIpc) is 2.58. The molecule has 0 N–H and O–H groups in total. The number of alkyl halides is 3. The molecule has 0 spiro atoms. The minimum Gasteiger partial charge on any atom is -0.361 e. The Labute approximate surface area is 99.6 Å². The van der Waals surface area contributed by atoms with Gasteiger partial charge in [0, 0.05) is 14.7 Å². The zero-order chi connectivity index (χ0) is 13.1. The zero-order valence-electron chi connectivity index (χ0n) is 10.2. The van der Waals surface area contributed by atoms with Gasteiger partial charge >= 0.3 is 6.18 Å². The first-order chi connectivity index (χ1) is 7.70. The number of imidazole rings is 1. The topological polar surface area (TPSA) is 27.1 Å². The first kappa shape index (κ1) is 14.2. The van der Waals surface area contributed by atoms with Gasteiger partial charge in [-0.3, -0.25) is 0 Å². The summed E-state index contributed by atoms with van der Waals surface area (Å²) in [5.74, 6) is 0. The fourth-order valence-corrected chi connectivity index (χ4v) is 1.96. The van der Waals surface area contributed by atoms with Crippen molar-refractivity contribution in [3.05, 3.63) is 18.2 Å². The number of rotatable bonds is 5. The number of halogens is 3. The summed E-state index contributed by atoms with van der Waals surface area (Å²) in [5.41, 5.74) is -0.773. The van der Waals surface area contributed by atoms with E-state index in [1.807, 2.05) is 0 Å². The van der Waals surface area contributed by atoms with E-state index >= 15 is 0 Å². The SMILES string of the molecule is C[Si](C)(C)CCOCn1cncc1C(F)(F)F. The first-order valence-corrected chi connectivity index (χ1v) is 9.06. The van der Waals surface area contributed by atoms with Gasteiger partial charge in [-0.15, -0.1) is 0 Å². The van der Waals surface area contributed by atoms with Gasteiger partial charge in [0.05, 0.1) is 12.5 Å². The van der Waals surface area contributed by atoms with Gasteiger partial charge < -0.3 is 9.30 Å². The quantitative estimate of drug-likeness (QED) is 0.604. The van der Waals surface area contributed by atoms with Crippen molar-refractivity contribution in [2.24, 2.45) is 0 Å². The summed E-state index contributed by atoms with van der Waals surface area (Å²) >= 11 is 0. The van der Waals surface area contributed by atoms with Crippen LogP contribution in [0.25, 0.3) is 0 Å². The Bertz CT molecular complexity index is 357. The van der Waals surface area contributed by atoms with E-state index in [-0.39, 0.29) is 6.73 Å². The summed E-state index contributed by atoms with van der Waals surface area (Å²) < 4.78 is 43.6. The summed E-state index contributed by atoms with van der Waals surface area (Å²) in [6.07, 6.45) is -2.43. The molecule has 3 nitrogen and oxygen atoms in total. The Morgan fingerprint density at radius 1 is 1.35 bits per heavy atom. The van der Waals surface area contributed by atoms with Crippen LogP contribution in [0.3, 0.4) is 0 Å². The Hall–Kier alpha value is -0.823. The fourth-order valence-electron chi connectivity index (χ4n) is 1.20. The van der Waals surface area contributed by atoms with Crippen LogP contribution in [0.4, 0.5) is 13.2 Å². The van der Waals surface area contributed by atoms with E-state index < -0.39 is 19.9 Å². The lowest BCUT2D eigenvalue weighted by Gasteiger charge is -2.16. The van der Waals surface area contributed by atoms with Crippen molar-refractivity contribution >= 4 is 8.07 Å². The Morgan fingerprint density at radius 3 is 2.53 bits per heavy atom. The normalized spacial score (nSPS) is 13.1. The number of nitrogens with zero attached hydrogens (tertiary/aromatic N) is 2. The Kier molecular flexibility index (Phi) is 4.37. The van der Waals surface area contributed by atoms with E-state index in [4.69, 9.17) is 4.74 Å². The van der Waals surface area contributed by atoms with Crippen LogP contribution in [0, 0.1) is 0 Å². The van der Waals surface area contributed by atoms with Crippen LogP contribution < -0.4 is 0 Å². The molecular formula is C10H17F3N2OSi. The van der Waals surface area contributed by atoms with E-state index in [2.05, 4.69) is 24.6 Å². The molecule has 17 heavy (non-hydrogen) atoms. The van der Waals surface area contributed by atoms with Crippen molar-refractivity contribution in [2.45, 2.75) is 38.6 Å². The molecule has 0 aliphatic rings. The summed E-state index contributed by atoms with van der Waals surface area (Å²) in [4.78, 5) is 3.49. The molecule has 0 aliphatic carbocycles. The zero-order valence-corrected chi connectivity index (χ0v) is 11.2. The number of ether oxygens (including phenoxy) is 1. The van der Waals surface area contributed by atoms with Crippen molar-refractivity contribution in [3.8, 4) is 0 Å². The van der Waals surface area contributed by atoms with Crippen molar-refractivity contribution in [1.82, 2.24) is 9.55 Å². The van der Waals surface area contributed by atoms with E-state index in [0.717, 1.165) is 23.1 Å². The van der Waals surface area contributed by atoms with Gasteiger partial charge in [-0.25, -0.2) is 4.98 Å². The number of hydrogen-bond donors (Lipinski definition) is 0. The number of hydrogen-bond acceptors (Lipinski definition) is 2. The summed E-state index contributed by atoms with van der Waals surface area (Å²) in [6, 6.07) is 0.934. The van der Waals surface area contributed by atoms with Crippen LogP contribution in [0.1, 0.15) is 5.69 Å². The molecule has 1 rings (SSSR count). The van der Waals surface area contributed by atoms with Crippen molar-refractivity contribution < 1.29 is 17.9 Å². The van der Waals surface area contributed by atoms with Gasteiger partial charge in [0.2, 0.25) is 0 Å². The van der Waals surface area contributed by atoms with Crippen LogP contribution in [-0.4, -0.2) is 24.2 Å². The molecule has 98 valence electrons. The second-order valence-corrected chi connectivity index (χ2v) is 10.7. The molecule has 0 amide bonds. The number of aromatic nitrogens is 2. The van der Waals surface area contributed by atoms with E-state index in [9.17, 15) is 13.2 Å². The highest BCUT2D eigenvalue weighted by Crippen LogP contribution is 2.28. The third kappa shape index (κ3) is 4.91. The van der Waals surface area contributed by atoms with Crippen molar-refractivity contribution in [3.63, 3.8) is 0 Å². The van der Waals surface area contributed by atoms with Crippen LogP contribution >= 0.6 is 0 Å². The largest absolute Gasteiger partial charge is 0.433 e. The molecule has 0 saturated heterocycles. The molecule has 0 saturated carbocycles. The highest BCUT2D eigenvalue weighted by atomic mass is 28.3. The van der Waals surface area contributed by atoms with Crippen LogP contribution in [0.15, 0.2) is 12.5 Å². The molecule has 1 heterocycles. The Balaban J connectivity index is 2.45. The lowest BCUT2D eigenvalue weighted by atomic mass is 10.4. The van der Waals surface area contributed by atoms with E-state index in [0.29, 0.717) is 6.61 Å². The molecule has 0 unspecified atom stereocenters. The van der Waals surface area contributed by atoms with Gasteiger partial charge in [-0.05, 0) is 6.04 Å². The maximum absolute atomic E-state index is 12.5. The van der Waals surface area contributed by atoms with Gasteiger partial charge in [0.25, 0.3) is 0 Å². The second-order valence-electron chi connectivity index (χ2n) is 5.09. The minimum atomic E-state index is -4.38. The minimum absolute atomic E-state index is 0.0979. The molecule has 0 fully saturated rings. The predicted octanol–water partition coefficient (Wildman–Crippen LogP) is 3.21. The smallest absolute Gasteiger partial charge is 0.361 e. The molecule has 0 aliphatic heterocycles. The van der Waals surface area contributed by atoms with Crippen LogP contribution in [-0.2, 0) is 17.6 Å². The van der Waals surface area contributed by atoms with Gasteiger partial charge in [0.15, 0.2) is 0 Å². The molecule has 0 radical (unpaired) electrons.